The first-order chi connectivity index (χ1) is 11.3. The molecule has 4 nitrogen and oxygen atoms in total. The second kappa shape index (κ2) is 6.38. The quantitative estimate of drug-likeness (QED) is 0.897. The van der Waals surface area contributed by atoms with Gasteiger partial charge in [0.25, 0.3) is 0 Å². The number of hydrogen-bond donors (Lipinski definition) is 1. The van der Waals surface area contributed by atoms with Crippen LogP contribution in [0.2, 0.25) is 0 Å². The molecule has 1 aromatic heterocycles. The SMILES string of the molecule is CCCn1c(C)c(CC(=O)NC2CCC2)c2c1CC(C)(C)CC2=O. The Morgan fingerprint density at radius 3 is 2.58 bits per heavy atom. The van der Waals surface area contributed by atoms with Crippen LogP contribution < -0.4 is 5.32 Å². The molecule has 24 heavy (non-hydrogen) atoms. The van der Waals surface area contributed by atoms with Gasteiger partial charge in [-0.1, -0.05) is 20.8 Å². The van der Waals surface area contributed by atoms with Crippen molar-refractivity contribution >= 4 is 11.7 Å². The van der Waals surface area contributed by atoms with Crippen molar-refractivity contribution in [1.82, 2.24) is 9.88 Å². The minimum absolute atomic E-state index is 0.00578. The molecule has 0 saturated heterocycles. The molecule has 4 heteroatoms. The smallest absolute Gasteiger partial charge is 0.224 e. The third kappa shape index (κ3) is 3.15. The van der Waals surface area contributed by atoms with E-state index >= 15 is 0 Å². The van der Waals surface area contributed by atoms with Gasteiger partial charge in [-0.15, -0.1) is 0 Å². The minimum Gasteiger partial charge on any atom is -0.353 e. The van der Waals surface area contributed by atoms with Crippen molar-refractivity contribution in [2.24, 2.45) is 5.41 Å². The summed E-state index contributed by atoms with van der Waals surface area (Å²) in [4.78, 5) is 25.2. The van der Waals surface area contributed by atoms with Gasteiger partial charge in [0.15, 0.2) is 5.78 Å². The molecule has 0 aliphatic heterocycles. The number of Topliss-reactive ketones (excluding diaryl/α,β-unsaturated/α-hetero) is 1. The molecule has 1 aromatic rings. The largest absolute Gasteiger partial charge is 0.353 e. The minimum atomic E-state index is 0.00578. The van der Waals surface area contributed by atoms with Gasteiger partial charge < -0.3 is 9.88 Å². The highest BCUT2D eigenvalue weighted by Crippen LogP contribution is 2.39. The average Bonchev–Trinajstić information content (AvgIpc) is 2.68. The van der Waals surface area contributed by atoms with Crippen molar-refractivity contribution in [3.8, 4) is 0 Å². The van der Waals surface area contributed by atoms with Crippen molar-refractivity contribution in [2.75, 3.05) is 0 Å². The molecule has 0 unspecified atom stereocenters. The van der Waals surface area contributed by atoms with Crippen LogP contribution in [0, 0.1) is 12.3 Å². The highest BCUT2D eigenvalue weighted by molar-refractivity contribution is 6.01. The highest BCUT2D eigenvalue weighted by atomic mass is 16.1. The molecular formula is C20H30N2O2. The van der Waals surface area contributed by atoms with Crippen LogP contribution in [0.25, 0.3) is 0 Å². The van der Waals surface area contributed by atoms with E-state index in [9.17, 15) is 9.59 Å². The summed E-state index contributed by atoms with van der Waals surface area (Å²) in [5.41, 5.74) is 4.09. The monoisotopic (exact) mass is 330 g/mol. The summed E-state index contributed by atoms with van der Waals surface area (Å²) in [6.07, 6.45) is 6.25. The lowest BCUT2D eigenvalue weighted by Crippen LogP contribution is -2.40. The molecule has 1 amide bonds. The molecule has 0 bridgehead atoms. The Labute approximate surface area is 145 Å². The van der Waals surface area contributed by atoms with Gasteiger partial charge in [0.1, 0.15) is 0 Å². The summed E-state index contributed by atoms with van der Waals surface area (Å²) in [6, 6.07) is 0.348. The van der Waals surface area contributed by atoms with Crippen LogP contribution in [0.3, 0.4) is 0 Å². The second-order valence-electron chi connectivity index (χ2n) is 8.35. The zero-order valence-electron chi connectivity index (χ0n) is 15.5. The van der Waals surface area contributed by atoms with E-state index in [0.717, 1.165) is 54.7 Å². The number of rotatable bonds is 5. The number of carbonyl (C=O) groups excluding carboxylic acids is 2. The van der Waals surface area contributed by atoms with Gasteiger partial charge in [0.05, 0.1) is 6.42 Å². The Hall–Kier alpha value is -1.58. The van der Waals surface area contributed by atoms with Crippen LogP contribution in [-0.4, -0.2) is 22.3 Å². The zero-order valence-corrected chi connectivity index (χ0v) is 15.5. The van der Waals surface area contributed by atoms with Crippen molar-refractivity contribution in [3.63, 3.8) is 0 Å². The van der Waals surface area contributed by atoms with E-state index in [2.05, 4.69) is 37.6 Å². The lowest BCUT2D eigenvalue weighted by atomic mass is 9.75. The summed E-state index contributed by atoms with van der Waals surface area (Å²) >= 11 is 0. The van der Waals surface area contributed by atoms with Crippen LogP contribution in [0.4, 0.5) is 0 Å². The van der Waals surface area contributed by atoms with Gasteiger partial charge in [0, 0.05) is 36.0 Å². The summed E-state index contributed by atoms with van der Waals surface area (Å²) < 4.78 is 2.29. The van der Waals surface area contributed by atoms with Gasteiger partial charge in [0.2, 0.25) is 5.91 Å². The predicted molar refractivity (Wildman–Crippen MR) is 95.4 cm³/mol. The topological polar surface area (TPSA) is 51.1 Å². The van der Waals surface area contributed by atoms with Crippen molar-refractivity contribution in [2.45, 2.75) is 85.2 Å². The Morgan fingerprint density at radius 2 is 2.00 bits per heavy atom. The van der Waals surface area contributed by atoms with Crippen LogP contribution in [0.5, 0.6) is 0 Å². The maximum atomic E-state index is 12.8. The molecule has 2 aliphatic carbocycles. The summed E-state index contributed by atoms with van der Waals surface area (Å²) in [5.74, 6) is 0.280. The molecule has 1 fully saturated rings. The fourth-order valence-electron chi connectivity index (χ4n) is 4.14. The van der Waals surface area contributed by atoms with E-state index in [1.165, 1.54) is 6.42 Å². The van der Waals surface area contributed by atoms with Gasteiger partial charge in [-0.3, -0.25) is 9.59 Å². The Kier molecular flexibility index (Phi) is 4.58. The number of carbonyl (C=O) groups is 2. The van der Waals surface area contributed by atoms with Crippen molar-refractivity contribution in [1.29, 1.82) is 0 Å². The number of nitrogens with zero attached hydrogens (tertiary/aromatic N) is 1. The van der Waals surface area contributed by atoms with E-state index in [0.29, 0.717) is 18.9 Å². The van der Waals surface area contributed by atoms with Crippen LogP contribution in [0.15, 0.2) is 0 Å². The maximum absolute atomic E-state index is 12.8. The molecule has 2 aliphatic rings. The number of hydrogen-bond acceptors (Lipinski definition) is 2. The fourth-order valence-corrected chi connectivity index (χ4v) is 4.14. The fraction of sp³-hybridized carbons (Fsp3) is 0.700. The van der Waals surface area contributed by atoms with Gasteiger partial charge >= 0.3 is 0 Å². The first kappa shape index (κ1) is 17.2. The van der Waals surface area contributed by atoms with E-state index in [1.54, 1.807) is 0 Å². The Bertz CT molecular complexity index is 666. The van der Waals surface area contributed by atoms with Crippen LogP contribution in [0.1, 0.15) is 80.2 Å². The van der Waals surface area contributed by atoms with Crippen molar-refractivity contribution in [3.05, 3.63) is 22.5 Å². The highest BCUT2D eigenvalue weighted by Gasteiger charge is 2.37. The van der Waals surface area contributed by atoms with E-state index in [-0.39, 0.29) is 17.1 Å². The molecule has 1 heterocycles. The Balaban J connectivity index is 1.93. The van der Waals surface area contributed by atoms with E-state index in [4.69, 9.17) is 0 Å². The average molecular weight is 330 g/mol. The normalized spacial score (nSPS) is 19.8. The first-order valence-corrected chi connectivity index (χ1v) is 9.36. The molecule has 0 spiro atoms. The second-order valence-corrected chi connectivity index (χ2v) is 8.35. The molecule has 0 radical (unpaired) electrons. The molecular weight excluding hydrogens is 300 g/mol. The van der Waals surface area contributed by atoms with Crippen molar-refractivity contribution < 1.29 is 9.59 Å². The zero-order chi connectivity index (χ0) is 17.5. The number of fused-ring (bicyclic) bond motifs is 1. The third-order valence-corrected chi connectivity index (χ3v) is 5.58. The summed E-state index contributed by atoms with van der Waals surface area (Å²) in [6.45, 7) is 9.47. The molecule has 0 atom stereocenters. The Morgan fingerprint density at radius 1 is 1.29 bits per heavy atom. The lowest BCUT2D eigenvalue weighted by molar-refractivity contribution is -0.121. The molecule has 1 N–H and O–H groups in total. The third-order valence-electron chi connectivity index (χ3n) is 5.58. The first-order valence-electron chi connectivity index (χ1n) is 9.36. The summed E-state index contributed by atoms with van der Waals surface area (Å²) in [5, 5.41) is 3.11. The number of nitrogens with one attached hydrogen (secondary N) is 1. The van der Waals surface area contributed by atoms with Crippen LogP contribution >= 0.6 is 0 Å². The van der Waals surface area contributed by atoms with Gasteiger partial charge in [-0.2, -0.15) is 0 Å². The maximum Gasteiger partial charge on any atom is 0.224 e. The van der Waals surface area contributed by atoms with E-state index in [1.807, 2.05) is 0 Å². The molecule has 132 valence electrons. The molecule has 0 aromatic carbocycles. The van der Waals surface area contributed by atoms with Gasteiger partial charge in [-0.25, -0.2) is 0 Å². The number of aromatic nitrogens is 1. The lowest BCUT2D eigenvalue weighted by Gasteiger charge is -2.30. The standard InChI is InChI=1S/C20H30N2O2/c1-5-9-22-13(2)15(10-18(24)21-14-7-6-8-14)19-16(22)11-20(3,4)12-17(19)23/h14H,5-12H2,1-4H3,(H,21,24). The molecule has 3 rings (SSSR count). The van der Waals surface area contributed by atoms with Gasteiger partial charge in [-0.05, 0) is 50.0 Å². The molecule has 1 saturated carbocycles. The number of amides is 1. The number of ketones is 1. The van der Waals surface area contributed by atoms with E-state index < -0.39 is 0 Å². The predicted octanol–water partition coefficient (Wildman–Crippen LogP) is 3.57. The summed E-state index contributed by atoms with van der Waals surface area (Å²) in [7, 11) is 0. The van der Waals surface area contributed by atoms with Crippen LogP contribution in [-0.2, 0) is 24.2 Å².